The second-order valence-electron chi connectivity index (χ2n) is 4.05. The maximum Gasteiger partial charge on any atom is 0.416 e. The Balaban J connectivity index is 2.17. The van der Waals surface area contributed by atoms with Gasteiger partial charge in [0.25, 0.3) is 0 Å². The zero-order valence-corrected chi connectivity index (χ0v) is 10.3. The van der Waals surface area contributed by atoms with E-state index in [0.717, 1.165) is 17.9 Å². The van der Waals surface area contributed by atoms with Gasteiger partial charge in [-0.2, -0.15) is 24.9 Å². The molecule has 0 saturated carbocycles. The van der Waals surface area contributed by atoms with Crippen molar-refractivity contribution in [2.24, 2.45) is 0 Å². The lowest BCUT2D eigenvalue weighted by Crippen LogP contribution is -2.29. The first kappa shape index (κ1) is 13.7. The van der Waals surface area contributed by atoms with Crippen molar-refractivity contribution in [3.63, 3.8) is 0 Å². The van der Waals surface area contributed by atoms with Crippen LogP contribution in [0.2, 0.25) is 0 Å². The zero-order valence-electron chi connectivity index (χ0n) is 9.48. The van der Waals surface area contributed by atoms with E-state index in [1.165, 1.54) is 12.1 Å². The fourth-order valence-electron chi connectivity index (χ4n) is 1.80. The smallest absolute Gasteiger partial charge is 0.386 e. The maximum atomic E-state index is 12.6. The third kappa shape index (κ3) is 3.18. The van der Waals surface area contributed by atoms with E-state index in [4.69, 9.17) is 4.74 Å². The monoisotopic (exact) mass is 278 g/mol. The van der Waals surface area contributed by atoms with Crippen molar-refractivity contribution in [3.05, 3.63) is 35.4 Å². The second kappa shape index (κ2) is 5.50. The first-order valence-corrected chi connectivity index (χ1v) is 6.68. The molecule has 0 radical (unpaired) electrons. The molecule has 2 nitrogen and oxygen atoms in total. The van der Waals surface area contributed by atoms with Gasteiger partial charge < -0.3 is 9.84 Å². The first-order valence-electron chi connectivity index (χ1n) is 5.53. The van der Waals surface area contributed by atoms with Gasteiger partial charge in [-0.3, -0.25) is 0 Å². The van der Waals surface area contributed by atoms with Crippen LogP contribution in [0.5, 0.6) is 0 Å². The number of hydrogen-bond donors (Lipinski definition) is 1. The van der Waals surface area contributed by atoms with E-state index in [-0.39, 0.29) is 5.56 Å². The Hall–Kier alpha value is -0.720. The van der Waals surface area contributed by atoms with E-state index in [1.807, 2.05) is 0 Å². The standard InChI is InChI=1S/C12H13F3O2S/c13-12(14,15)9-3-1-2-8(6-9)11(16)10-7-18-5-4-17-10/h1-3,6,10-11,16H,4-5,7H2. The summed E-state index contributed by atoms with van der Waals surface area (Å²) in [5.41, 5.74) is -0.500. The highest BCUT2D eigenvalue weighted by molar-refractivity contribution is 7.99. The molecule has 1 aromatic rings. The molecule has 6 heteroatoms. The molecule has 1 N–H and O–H groups in total. The summed E-state index contributed by atoms with van der Waals surface area (Å²) in [6.45, 7) is 0.519. The van der Waals surface area contributed by atoms with Crippen molar-refractivity contribution in [2.45, 2.75) is 18.4 Å². The quantitative estimate of drug-likeness (QED) is 0.902. The Labute approximate surface area is 107 Å². The van der Waals surface area contributed by atoms with Crippen molar-refractivity contribution in [2.75, 3.05) is 18.1 Å². The molecule has 1 heterocycles. The van der Waals surface area contributed by atoms with E-state index in [0.29, 0.717) is 12.4 Å². The molecular weight excluding hydrogens is 265 g/mol. The van der Waals surface area contributed by atoms with Crippen molar-refractivity contribution < 1.29 is 23.0 Å². The van der Waals surface area contributed by atoms with Crippen molar-refractivity contribution in [1.82, 2.24) is 0 Å². The highest BCUT2D eigenvalue weighted by atomic mass is 32.2. The predicted molar refractivity (Wildman–Crippen MR) is 63.5 cm³/mol. The normalized spacial score (nSPS) is 22.8. The highest BCUT2D eigenvalue weighted by Gasteiger charge is 2.32. The zero-order chi connectivity index (χ0) is 13.2. The Morgan fingerprint density at radius 3 is 2.78 bits per heavy atom. The average molecular weight is 278 g/mol. The van der Waals surface area contributed by atoms with Gasteiger partial charge in [0.1, 0.15) is 6.10 Å². The summed E-state index contributed by atoms with van der Waals surface area (Å²) in [6, 6.07) is 4.76. The van der Waals surface area contributed by atoms with Crippen LogP contribution in [-0.4, -0.2) is 29.3 Å². The molecule has 0 aromatic heterocycles. The van der Waals surface area contributed by atoms with E-state index in [1.54, 1.807) is 11.8 Å². The number of halogens is 3. The minimum atomic E-state index is -4.39. The fraction of sp³-hybridized carbons (Fsp3) is 0.500. The van der Waals surface area contributed by atoms with Gasteiger partial charge in [0, 0.05) is 11.5 Å². The van der Waals surface area contributed by atoms with Gasteiger partial charge in [-0.25, -0.2) is 0 Å². The molecule has 2 unspecified atom stereocenters. The third-order valence-corrected chi connectivity index (χ3v) is 3.77. The fourth-order valence-corrected chi connectivity index (χ4v) is 2.69. The molecular formula is C12H13F3O2S. The Kier molecular flexibility index (Phi) is 4.19. The average Bonchev–Trinajstić information content (AvgIpc) is 2.38. The predicted octanol–water partition coefficient (Wildman–Crippen LogP) is 2.87. The minimum absolute atomic E-state index is 0.248. The van der Waals surface area contributed by atoms with Crippen LogP contribution in [0.3, 0.4) is 0 Å². The van der Waals surface area contributed by atoms with Crippen LogP contribution in [0.4, 0.5) is 13.2 Å². The molecule has 0 aliphatic carbocycles. The van der Waals surface area contributed by atoms with Crippen molar-refractivity contribution in [3.8, 4) is 0 Å². The lowest BCUT2D eigenvalue weighted by molar-refractivity contribution is -0.137. The summed E-state index contributed by atoms with van der Waals surface area (Å²) in [4.78, 5) is 0. The van der Waals surface area contributed by atoms with Crippen LogP contribution in [0.25, 0.3) is 0 Å². The molecule has 0 spiro atoms. The number of aliphatic hydroxyl groups is 1. The molecule has 2 rings (SSSR count). The Morgan fingerprint density at radius 2 is 2.17 bits per heavy atom. The summed E-state index contributed by atoms with van der Waals surface area (Å²) in [6.07, 6.45) is -5.84. The van der Waals surface area contributed by atoms with Crippen LogP contribution >= 0.6 is 11.8 Å². The Bertz CT molecular complexity index is 403. The van der Waals surface area contributed by atoms with Gasteiger partial charge in [0.2, 0.25) is 0 Å². The lowest BCUT2D eigenvalue weighted by atomic mass is 10.0. The van der Waals surface area contributed by atoms with Crippen LogP contribution in [0.15, 0.2) is 24.3 Å². The minimum Gasteiger partial charge on any atom is -0.386 e. The molecule has 0 amide bonds. The molecule has 1 aliphatic heterocycles. The molecule has 1 aliphatic rings. The lowest BCUT2D eigenvalue weighted by Gasteiger charge is -2.27. The number of alkyl halides is 3. The molecule has 100 valence electrons. The number of thioether (sulfide) groups is 1. The molecule has 2 atom stereocenters. The number of benzene rings is 1. The first-order chi connectivity index (χ1) is 8.48. The van der Waals surface area contributed by atoms with Gasteiger partial charge in [-0.05, 0) is 17.7 Å². The SMILES string of the molecule is OC(c1cccc(C(F)(F)F)c1)C1CSCCO1. The van der Waals surface area contributed by atoms with Gasteiger partial charge in [0.05, 0.1) is 18.3 Å². The summed E-state index contributed by atoms with van der Waals surface area (Å²) in [5.74, 6) is 1.45. The van der Waals surface area contributed by atoms with Crippen LogP contribution in [0.1, 0.15) is 17.2 Å². The number of hydrogen-bond acceptors (Lipinski definition) is 3. The largest absolute Gasteiger partial charge is 0.416 e. The maximum absolute atomic E-state index is 12.6. The van der Waals surface area contributed by atoms with Crippen molar-refractivity contribution in [1.29, 1.82) is 0 Å². The van der Waals surface area contributed by atoms with Crippen molar-refractivity contribution >= 4 is 11.8 Å². The van der Waals surface area contributed by atoms with Gasteiger partial charge >= 0.3 is 6.18 Å². The number of ether oxygens (including phenoxy) is 1. The summed E-state index contributed by atoms with van der Waals surface area (Å²) >= 11 is 1.63. The van der Waals surface area contributed by atoms with E-state index < -0.39 is 23.9 Å². The number of aliphatic hydroxyl groups excluding tert-OH is 1. The molecule has 0 bridgehead atoms. The molecule has 1 saturated heterocycles. The van der Waals surface area contributed by atoms with Gasteiger partial charge in [-0.15, -0.1) is 0 Å². The van der Waals surface area contributed by atoms with Gasteiger partial charge in [0.15, 0.2) is 0 Å². The van der Waals surface area contributed by atoms with E-state index in [2.05, 4.69) is 0 Å². The van der Waals surface area contributed by atoms with Gasteiger partial charge in [-0.1, -0.05) is 12.1 Å². The van der Waals surface area contributed by atoms with E-state index in [9.17, 15) is 18.3 Å². The number of rotatable bonds is 2. The van der Waals surface area contributed by atoms with Crippen LogP contribution < -0.4 is 0 Å². The summed E-state index contributed by atoms with van der Waals surface area (Å²) in [7, 11) is 0. The highest BCUT2D eigenvalue weighted by Crippen LogP contribution is 2.32. The van der Waals surface area contributed by atoms with Crippen LogP contribution in [-0.2, 0) is 10.9 Å². The Morgan fingerprint density at radius 1 is 1.39 bits per heavy atom. The summed E-state index contributed by atoms with van der Waals surface area (Å²) < 4.78 is 43.0. The molecule has 1 aromatic carbocycles. The van der Waals surface area contributed by atoms with E-state index >= 15 is 0 Å². The second-order valence-corrected chi connectivity index (χ2v) is 5.20. The summed E-state index contributed by atoms with van der Waals surface area (Å²) in [5, 5.41) is 10.0. The van der Waals surface area contributed by atoms with Crippen LogP contribution in [0, 0.1) is 0 Å². The topological polar surface area (TPSA) is 29.5 Å². The molecule has 1 fully saturated rings. The molecule has 18 heavy (non-hydrogen) atoms. The third-order valence-electron chi connectivity index (χ3n) is 2.75.